The van der Waals surface area contributed by atoms with E-state index in [4.69, 9.17) is 13.7 Å². The van der Waals surface area contributed by atoms with Gasteiger partial charge in [-0.15, -0.1) is 11.3 Å². The van der Waals surface area contributed by atoms with Crippen LogP contribution in [0.3, 0.4) is 0 Å². The van der Waals surface area contributed by atoms with Crippen molar-refractivity contribution in [2.75, 3.05) is 0 Å². The maximum atomic E-state index is 11.7. The Morgan fingerprint density at radius 1 is 1.23 bits per heavy atom. The number of rotatable bonds is 6. The van der Waals surface area contributed by atoms with Gasteiger partial charge in [-0.25, -0.2) is 4.79 Å². The molecule has 0 spiro atoms. The van der Waals surface area contributed by atoms with E-state index in [1.807, 2.05) is 29.6 Å². The van der Waals surface area contributed by atoms with E-state index >= 15 is 0 Å². The van der Waals surface area contributed by atoms with Crippen molar-refractivity contribution in [2.45, 2.75) is 26.4 Å². The van der Waals surface area contributed by atoms with Gasteiger partial charge in [0.15, 0.2) is 6.61 Å². The van der Waals surface area contributed by atoms with Crippen LogP contribution in [-0.4, -0.2) is 10.1 Å². The molecular weight excluding hydrogens is 352 g/mol. The predicted molar refractivity (Wildman–Crippen MR) is 98.4 cm³/mol. The smallest absolute Gasteiger partial charge is 0.336 e. The van der Waals surface area contributed by atoms with Crippen molar-refractivity contribution in [1.29, 1.82) is 0 Å². The minimum absolute atomic E-state index is 0.142. The molecule has 0 N–H and O–H groups in total. The third-order valence-electron chi connectivity index (χ3n) is 3.89. The normalized spacial score (nSPS) is 11.1. The van der Waals surface area contributed by atoms with Crippen molar-refractivity contribution in [3.05, 3.63) is 63.7 Å². The van der Waals surface area contributed by atoms with Gasteiger partial charge in [-0.1, -0.05) is 24.6 Å². The second-order valence-electron chi connectivity index (χ2n) is 5.78. The quantitative estimate of drug-likeness (QED) is 0.468. The van der Waals surface area contributed by atoms with E-state index in [9.17, 15) is 4.79 Å². The van der Waals surface area contributed by atoms with Crippen LogP contribution in [-0.2, 0) is 13.0 Å². The highest BCUT2D eigenvalue weighted by Crippen LogP contribution is 2.25. The lowest BCUT2D eigenvalue weighted by Crippen LogP contribution is -2.01. The number of aryl methyl sites for hydroxylation is 1. The fourth-order valence-corrected chi connectivity index (χ4v) is 3.39. The molecule has 0 radical (unpaired) electrons. The van der Waals surface area contributed by atoms with Gasteiger partial charge in [0.2, 0.25) is 5.82 Å². The molecule has 0 fully saturated rings. The molecule has 0 amide bonds. The molecule has 132 valence electrons. The van der Waals surface area contributed by atoms with Gasteiger partial charge in [0.1, 0.15) is 11.3 Å². The SMILES string of the molecule is CCCc1cc(=O)oc2cc(OCc3nc(-c4cccs4)no3)ccc12. The van der Waals surface area contributed by atoms with E-state index in [0.717, 1.165) is 28.7 Å². The van der Waals surface area contributed by atoms with Gasteiger partial charge >= 0.3 is 5.63 Å². The van der Waals surface area contributed by atoms with Crippen LogP contribution in [0.25, 0.3) is 21.7 Å². The Morgan fingerprint density at radius 2 is 2.15 bits per heavy atom. The lowest BCUT2D eigenvalue weighted by atomic mass is 10.1. The number of hydrogen-bond donors (Lipinski definition) is 0. The first-order valence-electron chi connectivity index (χ1n) is 8.29. The summed E-state index contributed by atoms with van der Waals surface area (Å²) >= 11 is 1.54. The van der Waals surface area contributed by atoms with E-state index in [0.29, 0.717) is 23.0 Å². The van der Waals surface area contributed by atoms with E-state index < -0.39 is 0 Å². The molecule has 0 aliphatic carbocycles. The fourth-order valence-electron chi connectivity index (χ4n) is 2.74. The molecule has 26 heavy (non-hydrogen) atoms. The van der Waals surface area contributed by atoms with E-state index in [2.05, 4.69) is 17.1 Å². The van der Waals surface area contributed by atoms with Crippen LogP contribution in [0.4, 0.5) is 0 Å². The van der Waals surface area contributed by atoms with E-state index in [1.54, 1.807) is 23.5 Å². The predicted octanol–water partition coefficient (Wildman–Crippen LogP) is 4.44. The van der Waals surface area contributed by atoms with Crippen LogP contribution in [0, 0.1) is 0 Å². The maximum absolute atomic E-state index is 11.7. The Labute approximate surface area is 153 Å². The Kier molecular flexibility index (Phi) is 4.53. The second kappa shape index (κ2) is 7.13. The van der Waals surface area contributed by atoms with Gasteiger partial charge in [-0.05, 0) is 35.6 Å². The molecule has 0 saturated carbocycles. The summed E-state index contributed by atoms with van der Waals surface area (Å²) in [5.74, 6) is 1.51. The topological polar surface area (TPSA) is 78.4 Å². The van der Waals surface area contributed by atoms with Crippen LogP contribution in [0.1, 0.15) is 24.8 Å². The third kappa shape index (κ3) is 3.39. The van der Waals surface area contributed by atoms with Crippen molar-refractivity contribution < 1.29 is 13.7 Å². The second-order valence-corrected chi connectivity index (χ2v) is 6.72. The van der Waals surface area contributed by atoms with Gasteiger partial charge in [0, 0.05) is 17.5 Å². The molecular formula is C19H16N2O4S. The summed E-state index contributed by atoms with van der Waals surface area (Å²) in [7, 11) is 0. The molecule has 1 aromatic carbocycles. The molecule has 4 rings (SSSR count). The van der Waals surface area contributed by atoms with Gasteiger partial charge in [-0.3, -0.25) is 0 Å². The van der Waals surface area contributed by atoms with Crippen molar-refractivity contribution >= 4 is 22.3 Å². The van der Waals surface area contributed by atoms with Crippen LogP contribution in [0.2, 0.25) is 0 Å². The Balaban J connectivity index is 1.53. The molecule has 3 aromatic heterocycles. The highest BCUT2D eigenvalue weighted by atomic mass is 32.1. The highest BCUT2D eigenvalue weighted by Gasteiger charge is 2.11. The van der Waals surface area contributed by atoms with Crippen molar-refractivity contribution in [3.8, 4) is 16.5 Å². The molecule has 0 atom stereocenters. The van der Waals surface area contributed by atoms with Gasteiger partial charge in [0.05, 0.1) is 4.88 Å². The summed E-state index contributed by atoms with van der Waals surface area (Å²) in [5.41, 5.74) is 1.15. The molecule has 0 saturated heterocycles. The average molecular weight is 368 g/mol. The van der Waals surface area contributed by atoms with Gasteiger partial charge in [-0.2, -0.15) is 4.98 Å². The number of hydrogen-bond acceptors (Lipinski definition) is 7. The van der Waals surface area contributed by atoms with Crippen molar-refractivity contribution in [3.63, 3.8) is 0 Å². The van der Waals surface area contributed by atoms with Gasteiger partial charge < -0.3 is 13.7 Å². The summed E-state index contributed by atoms with van der Waals surface area (Å²) in [6.07, 6.45) is 1.79. The number of thiophene rings is 1. The van der Waals surface area contributed by atoms with Crippen LogP contribution < -0.4 is 10.4 Å². The molecule has 7 heteroatoms. The largest absolute Gasteiger partial charge is 0.484 e. The zero-order chi connectivity index (χ0) is 17.9. The Hall–Kier alpha value is -2.93. The molecule has 0 aliphatic heterocycles. The van der Waals surface area contributed by atoms with E-state index in [1.165, 1.54) is 0 Å². The fraction of sp³-hybridized carbons (Fsp3) is 0.211. The number of aromatic nitrogens is 2. The minimum Gasteiger partial charge on any atom is -0.484 e. The minimum atomic E-state index is -0.351. The zero-order valence-electron chi connectivity index (χ0n) is 14.1. The number of ether oxygens (including phenoxy) is 1. The Bertz CT molecular complexity index is 1080. The molecule has 0 aliphatic rings. The average Bonchev–Trinajstić information content (AvgIpc) is 3.31. The summed E-state index contributed by atoms with van der Waals surface area (Å²) in [6, 6.07) is 10.9. The van der Waals surface area contributed by atoms with Crippen molar-refractivity contribution in [1.82, 2.24) is 10.1 Å². The summed E-state index contributed by atoms with van der Waals surface area (Å²) in [6.45, 7) is 2.22. The first-order valence-corrected chi connectivity index (χ1v) is 9.17. The van der Waals surface area contributed by atoms with Crippen molar-refractivity contribution in [2.24, 2.45) is 0 Å². The standard InChI is InChI=1S/C19H16N2O4S/c1-2-4-12-9-18(22)24-15-10-13(6-7-14(12)15)23-11-17-20-19(21-25-17)16-5-3-8-26-16/h3,5-10H,2,4,11H2,1H3. The summed E-state index contributed by atoms with van der Waals surface area (Å²) in [5, 5.41) is 6.83. The Morgan fingerprint density at radius 3 is 2.96 bits per heavy atom. The lowest BCUT2D eigenvalue weighted by molar-refractivity contribution is 0.243. The molecule has 0 unspecified atom stereocenters. The lowest BCUT2D eigenvalue weighted by Gasteiger charge is -2.07. The van der Waals surface area contributed by atoms with Gasteiger partial charge in [0.25, 0.3) is 5.89 Å². The number of fused-ring (bicyclic) bond motifs is 1. The monoisotopic (exact) mass is 368 g/mol. The molecule has 0 bridgehead atoms. The van der Waals surface area contributed by atoms with Crippen LogP contribution in [0.15, 0.2) is 55.5 Å². The molecule has 3 heterocycles. The first kappa shape index (κ1) is 16.5. The van der Waals surface area contributed by atoms with E-state index in [-0.39, 0.29) is 12.2 Å². The summed E-state index contributed by atoms with van der Waals surface area (Å²) in [4.78, 5) is 17.0. The molecule has 6 nitrogen and oxygen atoms in total. The summed E-state index contributed by atoms with van der Waals surface area (Å²) < 4.78 is 16.2. The first-order chi connectivity index (χ1) is 12.7. The van der Waals surface area contributed by atoms with Crippen LogP contribution >= 0.6 is 11.3 Å². The third-order valence-corrected chi connectivity index (χ3v) is 4.76. The van der Waals surface area contributed by atoms with Crippen LogP contribution in [0.5, 0.6) is 5.75 Å². The highest BCUT2D eigenvalue weighted by molar-refractivity contribution is 7.13. The maximum Gasteiger partial charge on any atom is 0.336 e. The molecule has 4 aromatic rings. The zero-order valence-corrected chi connectivity index (χ0v) is 14.9. The number of benzene rings is 1. The number of nitrogens with zero attached hydrogens (tertiary/aromatic N) is 2.